The van der Waals surface area contributed by atoms with Crippen LogP contribution in [0.4, 0.5) is 0 Å². The van der Waals surface area contributed by atoms with Crippen LogP contribution in [0.1, 0.15) is 6.92 Å². The maximum absolute atomic E-state index is 10.6. The van der Waals surface area contributed by atoms with Crippen molar-refractivity contribution in [2.75, 3.05) is 20.3 Å². The topological polar surface area (TPSA) is 155 Å². The van der Waals surface area contributed by atoms with Gasteiger partial charge in [0.15, 0.2) is 18.6 Å². The molecular formula is C14H24O12S. The Morgan fingerprint density at radius 1 is 1.11 bits per heavy atom. The molecule has 0 radical (unpaired) electrons. The molecule has 3 aliphatic heterocycles. The van der Waals surface area contributed by atoms with Gasteiger partial charge in [0.05, 0.1) is 19.3 Å². The number of aliphatic hydroxyl groups excluding tert-OH is 3. The van der Waals surface area contributed by atoms with E-state index in [-0.39, 0.29) is 18.9 Å². The Hall–Kier alpha value is -0.130. The molecule has 0 spiro atoms. The van der Waals surface area contributed by atoms with Crippen LogP contribution < -0.4 is 0 Å². The summed E-state index contributed by atoms with van der Waals surface area (Å²) in [7, 11) is 1.34. The lowest BCUT2D eigenvalue weighted by Gasteiger charge is -2.45. The molecule has 0 aliphatic carbocycles. The summed E-state index contributed by atoms with van der Waals surface area (Å²) in [4.78, 5) is 0. The highest BCUT2D eigenvalue weighted by molar-refractivity contribution is 7.89. The number of aliphatic hydroxyl groups is 3. The van der Waals surface area contributed by atoms with Crippen molar-refractivity contribution in [3.63, 3.8) is 0 Å². The minimum atomic E-state index is -1.30. The van der Waals surface area contributed by atoms with E-state index in [1.54, 1.807) is 6.92 Å². The number of rotatable bonds is 8. The minimum Gasteiger partial charge on any atom is -0.394 e. The van der Waals surface area contributed by atoms with Crippen LogP contribution in [0.5, 0.6) is 0 Å². The van der Waals surface area contributed by atoms with Gasteiger partial charge in [-0.3, -0.25) is 4.18 Å². The molecule has 0 aromatic heterocycles. The molecule has 158 valence electrons. The van der Waals surface area contributed by atoms with Crippen LogP contribution in [0, 0.1) is 0 Å². The molecular weight excluding hydrogens is 392 g/mol. The quantitative estimate of drug-likeness (QED) is 0.155. The van der Waals surface area contributed by atoms with Gasteiger partial charge < -0.3 is 39.0 Å². The Morgan fingerprint density at radius 2 is 1.89 bits per heavy atom. The number of hydrogen-bond donors (Lipinski definition) is 4. The zero-order valence-corrected chi connectivity index (χ0v) is 15.5. The maximum Gasteiger partial charge on any atom is 0.198 e. The molecule has 2 bridgehead atoms. The van der Waals surface area contributed by atoms with Gasteiger partial charge in [-0.1, -0.05) is 5.04 Å². The Bertz CT molecular complexity index is 471. The lowest BCUT2D eigenvalue weighted by Crippen LogP contribution is -2.62. The largest absolute Gasteiger partial charge is 0.394 e. The van der Waals surface area contributed by atoms with Gasteiger partial charge in [0, 0.05) is 7.11 Å². The normalized spacial score (nSPS) is 47.3. The molecule has 4 unspecified atom stereocenters. The molecule has 3 heterocycles. The predicted molar refractivity (Wildman–Crippen MR) is 84.8 cm³/mol. The van der Waals surface area contributed by atoms with Crippen molar-refractivity contribution < 1.29 is 57.8 Å². The fraction of sp³-hybridized carbons (Fsp3) is 1.00. The third-order valence-corrected chi connectivity index (χ3v) is 5.33. The number of hydrogen-bond acceptors (Lipinski definition) is 13. The molecule has 0 saturated carbocycles. The van der Waals surface area contributed by atoms with E-state index in [1.165, 1.54) is 7.11 Å². The summed E-state index contributed by atoms with van der Waals surface area (Å²) in [5, 5.41) is 42.0. The van der Waals surface area contributed by atoms with Gasteiger partial charge >= 0.3 is 0 Å². The van der Waals surface area contributed by atoms with Crippen LogP contribution in [-0.2, 0) is 37.2 Å². The van der Waals surface area contributed by atoms with Gasteiger partial charge in [-0.2, -0.15) is 0 Å². The van der Waals surface area contributed by atoms with Gasteiger partial charge in [0.1, 0.15) is 48.8 Å². The van der Waals surface area contributed by atoms with Gasteiger partial charge in [-0.15, -0.1) is 4.33 Å². The number of ether oxygens (including phenoxy) is 5. The van der Waals surface area contributed by atoms with Crippen molar-refractivity contribution >= 4 is 12.3 Å². The van der Waals surface area contributed by atoms with E-state index < -0.39 is 67.8 Å². The molecule has 27 heavy (non-hydrogen) atoms. The second-order valence-electron chi connectivity index (χ2n) is 6.46. The van der Waals surface area contributed by atoms with Gasteiger partial charge in [-0.05, 0) is 6.92 Å². The van der Waals surface area contributed by atoms with E-state index in [0.717, 1.165) is 0 Å². The van der Waals surface area contributed by atoms with Crippen LogP contribution in [-0.4, -0.2) is 102 Å². The van der Waals surface area contributed by atoms with Crippen molar-refractivity contribution in [3.8, 4) is 0 Å². The summed E-state index contributed by atoms with van der Waals surface area (Å²) in [6.45, 7) is 1.52. The highest BCUT2D eigenvalue weighted by Gasteiger charge is 2.54. The molecule has 4 N–H and O–H groups in total. The van der Waals surface area contributed by atoms with E-state index in [9.17, 15) is 15.3 Å². The SMILES string of the molecule is COC1[C@@H](OSOOO)C(CO)O[C@@H](O[C@H]2C3CO[C@H]2C(O)[C@H](C)O3)[C@@H]1O. The average molecular weight is 416 g/mol. The molecule has 3 rings (SSSR count). The first-order valence-electron chi connectivity index (χ1n) is 8.39. The van der Waals surface area contributed by atoms with Crippen molar-refractivity contribution in [3.05, 3.63) is 0 Å². The summed E-state index contributed by atoms with van der Waals surface area (Å²) in [6.07, 6.45) is -8.33. The first-order chi connectivity index (χ1) is 13.0. The van der Waals surface area contributed by atoms with Crippen LogP contribution >= 0.6 is 12.3 Å². The maximum atomic E-state index is 10.6. The summed E-state index contributed by atoms with van der Waals surface area (Å²) in [5.41, 5.74) is 0. The first kappa shape index (κ1) is 21.6. The van der Waals surface area contributed by atoms with E-state index in [1.807, 2.05) is 0 Å². The fourth-order valence-electron chi connectivity index (χ4n) is 3.57. The van der Waals surface area contributed by atoms with Crippen LogP contribution in [0.3, 0.4) is 0 Å². The van der Waals surface area contributed by atoms with Crippen molar-refractivity contribution in [2.24, 2.45) is 0 Å². The minimum absolute atomic E-state index is 0.248. The van der Waals surface area contributed by atoms with Crippen LogP contribution in [0.15, 0.2) is 0 Å². The first-order valence-corrected chi connectivity index (χ1v) is 9.06. The monoisotopic (exact) mass is 416 g/mol. The number of methoxy groups -OCH3 is 1. The Labute approximate surface area is 159 Å². The van der Waals surface area contributed by atoms with E-state index in [4.69, 9.17) is 33.1 Å². The highest BCUT2D eigenvalue weighted by Crippen LogP contribution is 2.35. The van der Waals surface area contributed by atoms with E-state index in [2.05, 4.69) is 9.37 Å². The summed E-state index contributed by atoms with van der Waals surface area (Å²) in [6, 6.07) is 0. The Balaban J connectivity index is 1.68. The Morgan fingerprint density at radius 3 is 2.56 bits per heavy atom. The lowest BCUT2D eigenvalue weighted by atomic mass is 9.97. The van der Waals surface area contributed by atoms with Crippen LogP contribution in [0.25, 0.3) is 0 Å². The van der Waals surface area contributed by atoms with Gasteiger partial charge in [0.25, 0.3) is 0 Å². The van der Waals surface area contributed by atoms with E-state index in [0.29, 0.717) is 0 Å². The third-order valence-electron chi connectivity index (χ3n) is 4.92. The van der Waals surface area contributed by atoms with E-state index >= 15 is 0 Å². The molecule has 3 aliphatic rings. The molecule has 13 heteroatoms. The van der Waals surface area contributed by atoms with Crippen molar-refractivity contribution in [2.45, 2.75) is 68.1 Å². The smallest absolute Gasteiger partial charge is 0.198 e. The average Bonchev–Trinajstić information content (AvgIpc) is 2.98. The second-order valence-corrected chi connectivity index (χ2v) is 6.92. The lowest BCUT2D eigenvalue weighted by molar-refractivity contribution is -0.435. The zero-order chi connectivity index (χ0) is 19.6. The van der Waals surface area contributed by atoms with Gasteiger partial charge in [0.2, 0.25) is 0 Å². The molecule has 0 amide bonds. The number of fused-ring (bicyclic) bond motifs is 2. The molecule has 3 saturated heterocycles. The summed E-state index contributed by atoms with van der Waals surface area (Å²) >= 11 is 0.280. The summed E-state index contributed by atoms with van der Waals surface area (Å²) < 4.78 is 37.3. The van der Waals surface area contributed by atoms with Crippen LogP contribution in [0.2, 0.25) is 0 Å². The predicted octanol–water partition coefficient (Wildman–Crippen LogP) is -1.62. The second kappa shape index (κ2) is 9.58. The molecule has 10 atom stereocenters. The summed E-state index contributed by atoms with van der Waals surface area (Å²) in [5.74, 6) is 0. The van der Waals surface area contributed by atoms with Crippen molar-refractivity contribution in [1.82, 2.24) is 0 Å². The van der Waals surface area contributed by atoms with Gasteiger partial charge in [-0.25, -0.2) is 5.26 Å². The fourth-order valence-corrected chi connectivity index (χ4v) is 3.96. The zero-order valence-electron chi connectivity index (χ0n) is 14.7. The van der Waals surface area contributed by atoms with Crippen molar-refractivity contribution in [1.29, 1.82) is 0 Å². The highest BCUT2D eigenvalue weighted by atomic mass is 32.2. The molecule has 0 aromatic rings. The molecule has 3 fully saturated rings. The standard InChI is InChI=1S/C14H24O12S/c1-5-8(16)13-10(7(21-5)4-20-13)23-14-9(17)12(19-2)11(6(3-15)22-14)24-27-26-25-18/h5-18H,3-4H2,1-2H3/t5-,6?,7?,8?,9+,10-,11-,12?,13-,14-/m0/s1. The molecule has 12 nitrogen and oxygen atoms in total. The third kappa shape index (κ3) is 4.40. The molecule has 0 aromatic carbocycles. The Kier molecular flexibility index (Phi) is 7.65.